The van der Waals surface area contributed by atoms with Gasteiger partial charge in [0.1, 0.15) is 23.3 Å². The largest absolute Gasteiger partial charge is 0.336 e. The van der Waals surface area contributed by atoms with Crippen LogP contribution < -0.4 is 10.2 Å². The molecule has 9 heteroatoms. The second-order valence-electron chi connectivity index (χ2n) is 7.97. The minimum atomic E-state index is -1.30. The molecule has 2 atom stereocenters. The van der Waals surface area contributed by atoms with Gasteiger partial charge >= 0.3 is 0 Å². The molecule has 32 heavy (non-hydrogen) atoms. The number of benzene rings is 2. The van der Waals surface area contributed by atoms with Crippen molar-refractivity contribution < 1.29 is 23.2 Å². The van der Waals surface area contributed by atoms with Gasteiger partial charge in [0.25, 0.3) is 5.91 Å². The third-order valence-corrected chi connectivity index (χ3v) is 6.02. The summed E-state index contributed by atoms with van der Waals surface area (Å²) in [6.45, 7) is 1.79. The zero-order chi connectivity index (χ0) is 23.0. The fraction of sp³-hybridized carbons (Fsp3) is 0.304. The van der Waals surface area contributed by atoms with E-state index < -0.39 is 29.2 Å². The molecule has 2 aliphatic heterocycles. The van der Waals surface area contributed by atoms with Crippen LogP contribution >= 0.6 is 0 Å². The Kier molecular flexibility index (Phi) is 5.38. The van der Waals surface area contributed by atoms with Crippen molar-refractivity contribution >= 4 is 23.4 Å². The van der Waals surface area contributed by atoms with E-state index in [0.717, 1.165) is 12.1 Å². The number of rotatable bonds is 5. The molecule has 2 aliphatic rings. The van der Waals surface area contributed by atoms with Crippen molar-refractivity contribution in [2.45, 2.75) is 37.9 Å². The van der Waals surface area contributed by atoms with Crippen LogP contribution in [0.1, 0.15) is 48.1 Å². The Hall–Kier alpha value is -3.80. The van der Waals surface area contributed by atoms with E-state index in [1.54, 1.807) is 42.2 Å². The van der Waals surface area contributed by atoms with Gasteiger partial charge in [-0.2, -0.15) is 5.26 Å². The van der Waals surface area contributed by atoms with Crippen LogP contribution in [0.15, 0.2) is 42.5 Å². The molecule has 0 radical (unpaired) electrons. The molecule has 2 aromatic carbocycles. The van der Waals surface area contributed by atoms with E-state index in [1.165, 1.54) is 4.90 Å². The Morgan fingerprint density at radius 3 is 2.72 bits per heavy atom. The molecule has 0 saturated carbocycles. The Bertz CT molecular complexity index is 1160. The second kappa shape index (κ2) is 8.04. The van der Waals surface area contributed by atoms with Crippen molar-refractivity contribution in [1.29, 1.82) is 5.26 Å². The maximum Gasteiger partial charge on any atom is 0.257 e. The molecule has 0 aliphatic carbocycles. The van der Waals surface area contributed by atoms with Crippen LogP contribution in [0.5, 0.6) is 0 Å². The van der Waals surface area contributed by atoms with Gasteiger partial charge in [-0.1, -0.05) is 18.2 Å². The predicted molar refractivity (Wildman–Crippen MR) is 110 cm³/mol. The zero-order valence-electron chi connectivity index (χ0n) is 17.3. The first-order valence-corrected chi connectivity index (χ1v) is 10.1. The van der Waals surface area contributed by atoms with Crippen LogP contribution in [0, 0.1) is 23.0 Å². The number of nitrogens with one attached hydrogen (secondary N) is 1. The number of hydrogen-bond donors (Lipinski definition) is 1. The normalized spacial score (nSPS) is 20.4. The van der Waals surface area contributed by atoms with Crippen molar-refractivity contribution in [3.05, 3.63) is 65.2 Å². The number of hydrogen-bond acceptors (Lipinski definition) is 4. The highest BCUT2D eigenvalue weighted by molar-refractivity contribution is 6.10. The highest BCUT2D eigenvalue weighted by Gasteiger charge is 2.52. The number of carbonyl (C=O) groups excluding carboxylic acids is 3. The van der Waals surface area contributed by atoms with Crippen molar-refractivity contribution in [3.8, 4) is 6.07 Å². The lowest BCUT2D eigenvalue weighted by molar-refractivity contribution is -0.121. The molecule has 0 aromatic heterocycles. The lowest BCUT2D eigenvalue weighted by Gasteiger charge is -2.48. The van der Waals surface area contributed by atoms with Crippen molar-refractivity contribution in [2.24, 2.45) is 0 Å². The van der Waals surface area contributed by atoms with Crippen LogP contribution in [0.4, 0.5) is 14.5 Å². The topological polar surface area (TPSA) is 93.5 Å². The van der Waals surface area contributed by atoms with E-state index in [9.17, 15) is 28.4 Å². The molecule has 4 rings (SSSR count). The molecule has 3 amide bonds. The van der Waals surface area contributed by atoms with Gasteiger partial charge in [0.2, 0.25) is 11.8 Å². The summed E-state index contributed by atoms with van der Waals surface area (Å²) >= 11 is 0. The van der Waals surface area contributed by atoms with Crippen molar-refractivity contribution in [1.82, 2.24) is 10.2 Å². The molecule has 0 bridgehead atoms. The first-order valence-electron chi connectivity index (χ1n) is 10.1. The predicted octanol–water partition coefficient (Wildman–Crippen LogP) is 3.03. The van der Waals surface area contributed by atoms with Gasteiger partial charge in [0, 0.05) is 31.0 Å². The average Bonchev–Trinajstić information content (AvgIpc) is 3.07. The molecular formula is C23H20F2N4O3. The summed E-state index contributed by atoms with van der Waals surface area (Å²) in [4.78, 5) is 41.4. The van der Waals surface area contributed by atoms with Crippen LogP contribution in [-0.4, -0.2) is 34.8 Å². The summed E-state index contributed by atoms with van der Waals surface area (Å²) in [6.07, 6.45) is 0.544. The second-order valence-corrected chi connectivity index (χ2v) is 7.97. The Morgan fingerprint density at radius 2 is 2.00 bits per heavy atom. The quantitative estimate of drug-likeness (QED) is 0.777. The van der Waals surface area contributed by atoms with Crippen LogP contribution in [0.25, 0.3) is 0 Å². The van der Waals surface area contributed by atoms with Gasteiger partial charge in [-0.25, -0.2) is 8.78 Å². The van der Waals surface area contributed by atoms with Gasteiger partial charge in [0.05, 0.1) is 17.3 Å². The van der Waals surface area contributed by atoms with E-state index in [0.29, 0.717) is 23.7 Å². The molecule has 2 heterocycles. The number of para-hydroxylation sites is 1. The summed E-state index contributed by atoms with van der Waals surface area (Å²) < 4.78 is 27.1. The van der Waals surface area contributed by atoms with Gasteiger partial charge in [-0.3, -0.25) is 19.3 Å². The molecule has 1 N–H and O–H groups in total. The van der Waals surface area contributed by atoms with Gasteiger partial charge < -0.3 is 10.2 Å². The summed E-state index contributed by atoms with van der Waals surface area (Å²) in [5, 5.41) is 11.8. The number of fused-ring (bicyclic) bond motifs is 3. The smallest absolute Gasteiger partial charge is 0.257 e. The maximum absolute atomic E-state index is 14.0. The molecular weight excluding hydrogens is 418 g/mol. The Morgan fingerprint density at radius 1 is 1.25 bits per heavy atom. The third-order valence-electron chi connectivity index (χ3n) is 6.02. The highest BCUT2D eigenvalue weighted by Crippen LogP contribution is 2.43. The molecule has 7 nitrogen and oxygen atoms in total. The Labute approximate surface area is 183 Å². The van der Waals surface area contributed by atoms with Gasteiger partial charge in [0.15, 0.2) is 0 Å². The number of halogens is 2. The molecule has 1 fully saturated rings. The summed E-state index contributed by atoms with van der Waals surface area (Å²) in [6, 6.07) is 10.1. The minimum absolute atomic E-state index is 0.00330. The summed E-state index contributed by atoms with van der Waals surface area (Å²) in [5.74, 6) is -2.69. The minimum Gasteiger partial charge on any atom is -0.336 e. The molecule has 2 aromatic rings. The van der Waals surface area contributed by atoms with E-state index in [-0.39, 0.29) is 36.8 Å². The van der Waals surface area contributed by atoms with E-state index in [4.69, 9.17) is 0 Å². The summed E-state index contributed by atoms with van der Waals surface area (Å²) in [7, 11) is 0. The number of nitrogens with zero attached hydrogens (tertiary/aromatic N) is 3. The number of nitriles is 1. The molecule has 0 spiro atoms. The SMILES string of the molecule is CC12CCC(=O)N1c1ccccc1C(=O)N2CCC(=O)NC(C#N)c1ccc(F)cc1F. The first kappa shape index (κ1) is 21.4. The highest BCUT2D eigenvalue weighted by atomic mass is 19.1. The number of anilines is 1. The zero-order valence-corrected chi connectivity index (χ0v) is 17.3. The number of carbonyl (C=O) groups is 3. The van der Waals surface area contributed by atoms with Crippen LogP contribution in [0.3, 0.4) is 0 Å². The van der Waals surface area contributed by atoms with Crippen molar-refractivity contribution in [2.75, 3.05) is 11.4 Å². The fourth-order valence-electron chi connectivity index (χ4n) is 4.40. The molecule has 164 valence electrons. The molecule has 1 saturated heterocycles. The first-order chi connectivity index (χ1) is 15.3. The Balaban J connectivity index is 1.52. The van der Waals surface area contributed by atoms with E-state index >= 15 is 0 Å². The average molecular weight is 438 g/mol. The lowest BCUT2D eigenvalue weighted by Crippen LogP contribution is -2.62. The van der Waals surface area contributed by atoms with Gasteiger partial charge in [-0.05, 0) is 31.5 Å². The number of amides is 3. The standard InChI is InChI=1S/C23H20F2N4O3/c1-23-10-8-21(31)29(23)19-5-3-2-4-16(19)22(32)28(23)11-9-20(30)27-18(13-26)15-7-6-14(24)12-17(15)25/h2-7,12,18H,8-11H2,1H3,(H,27,30). The monoisotopic (exact) mass is 438 g/mol. The molecule has 2 unspecified atom stereocenters. The van der Waals surface area contributed by atoms with E-state index in [2.05, 4.69) is 5.32 Å². The summed E-state index contributed by atoms with van der Waals surface area (Å²) in [5.41, 5.74) is -0.117. The maximum atomic E-state index is 14.0. The van der Waals surface area contributed by atoms with Crippen LogP contribution in [0.2, 0.25) is 0 Å². The van der Waals surface area contributed by atoms with Crippen molar-refractivity contribution in [3.63, 3.8) is 0 Å². The fourth-order valence-corrected chi connectivity index (χ4v) is 4.40. The third kappa shape index (κ3) is 3.47. The lowest BCUT2D eigenvalue weighted by atomic mass is 9.98. The van der Waals surface area contributed by atoms with Crippen LogP contribution in [-0.2, 0) is 9.59 Å². The van der Waals surface area contributed by atoms with E-state index in [1.807, 2.05) is 0 Å². The van der Waals surface area contributed by atoms with Gasteiger partial charge in [-0.15, -0.1) is 0 Å².